The van der Waals surface area contributed by atoms with Crippen LogP contribution in [0.2, 0.25) is 0 Å². The number of carbonyl (C=O) groups is 2. The highest BCUT2D eigenvalue weighted by Gasteiger charge is 2.24. The number of carboxylic acids is 2. The van der Waals surface area contributed by atoms with Gasteiger partial charge >= 0.3 is 11.9 Å². The van der Waals surface area contributed by atoms with Crippen molar-refractivity contribution in [1.82, 2.24) is 0 Å². The van der Waals surface area contributed by atoms with Crippen LogP contribution in [0.25, 0.3) is 0 Å². The van der Waals surface area contributed by atoms with Crippen molar-refractivity contribution in [3.8, 4) is 0 Å². The van der Waals surface area contributed by atoms with Crippen LogP contribution in [0.5, 0.6) is 0 Å². The van der Waals surface area contributed by atoms with Crippen molar-refractivity contribution in [1.29, 1.82) is 0 Å². The van der Waals surface area contributed by atoms with Crippen molar-refractivity contribution in [3.63, 3.8) is 0 Å². The average molecular weight is 268 g/mol. The van der Waals surface area contributed by atoms with E-state index in [4.69, 9.17) is 15.9 Å². The average Bonchev–Trinajstić information content (AvgIpc) is 2.38. The number of hydrogen-bond donors (Lipinski definition) is 3. The van der Waals surface area contributed by atoms with E-state index < -0.39 is 30.6 Å². The standard InChI is InChI=1S/C13H16FNO4/c14-7-9-3-1-8(2-4-9)5-10(12(16)17)6-11(15)13(18)19/h1-4,10-11H,5-7,15H2,(H,16,17)(H,18,19)/t10?,11-/m0/s1/i14-1. The lowest BCUT2D eigenvalue weighted by molar-refractivity contribution is -0.143. The summed E-state index contributed by atoms with van der Waals surface area (Å²) >= 11 is 0. The van der Waals surface area contributed by atoms with Gasteiger partial charge in [-0.25, -0.2) is 4.39 Å². The Labute approximate surface area is 109 Å². The van der Waals surface area contributed by atoms with Crippen molar-refractivity contribution in [3.05, 3.63) is 35.4 Å². The smallest absolute Gasteiger partial charge is 0.320 e. The summed E-state index contributed by atoms with van der Waals surface area (Å²) in [6.07, 6.45) is 0.0262. The second-order valence-corrected chi connectivity index (χ2v) is 4.37. The molecular formula is C13H16FNO4. The fourth-order valence-electron chi connectivity index (χ4n) is 1.73. The lowest BCUT2D eigenvalue weighted by Gasteiger charge is -2.15. The molecule has 1 unspecified atom stereocenters. The Morgan fingerprint density at radius 1 is 1.11 bits per heavy atom. The monoisotopic (exact) mass is 268 g/mol. The van der Waals surface area contributed by atoms with E-state index in [-0.39, 0.29) is 12.8 Å². The molecule has 19 heavy (non-hydrogen) atoms. The summed E-state index contributed by atoms with van der Waals surface area (Å²) < 4.78 is 12.3. The molecular weight excluding hydrogens is 252 g/mol. The predicted octanol–water partition coefficient (Wildman–Crippen LogP) is 1.20. The van der Waals surface area contributed by atoms with Gasteiger partial charge in [0.25, 0.3) is 0 Å². The summed E-state index contributed by atoms with van der Waals surface area (Å²) in [7, 11) is 0. The molecule has 0 spiro atoms. The van der Waals surface area contributed by atoms with Gasteiger partial charge in [-0.2, -0.15) is 0 Å². The number of alkyl halides is 1. The largest absolute Gasteiger partial charge is 0.481 e. The minimum absolute atomic E-state index is 0.143. The number of nitrogens with two attached hydrogens (primary N) is 1. The zero-order chi connectivity index (χ0) is 14.4. The first-order valence-corrected chi connectivity index (χ1v) is 5.79. The van der Waals surface area contributed by atoms with Gasteiger partial charge in [0.1, 0.15) is 12.7 Å². The molecule has 0 aliphatic rings. The van der Waals surface area contributed by atoms with Crippen LogP contribution in [0, 0.1) is 5.92 Å². The Balaban J connectivity index is 2.72. The van der Waals surface area contributed by atoms with E-state index in [2.05, 4.69) is 0 Å². The molecule has 0 aliphatic carbocycles. The van der Waals surface area contributed by atoms with Crippen molar-refractivity contribution in [2.45, 2.75) is 25.6 Å². The fourth-order valence-corrected chi connectivity index (χ4v) is 1.73. The molecule has 0 heterocycles. The van der Waals surface area contributed by atoms with Crippen LogP contribution in [0.4, 0.5) is 4.39 Å². The molecule has 1 aromatic carbocycles. The van der Waals surface area contributed by atoms with Gasteiger partial charge < -0.3 is 15.9 Å². The maximum atomic E-state index is 12.3. The molecule has 6 heteroatoms. The number of rotatable bonds is 7. The zero-order valence-corrected chi connectivity index (χ0v) is 10.3. The summed E-state index contributed by atoms with van der Waals surface area (Å²) in [6, 6.07) is 5.22. The number of hydrogen-bond acceptors (Lipinski definition) is 3. The van der Waals surface area contributed by atoms with Crippen molar-refractivity contribution < 1.29 is 24.2 Å². The van der Waals surface area contributed by atoms with Crippen molar-refractivity contribution >= 4 is 11.9 Å². The minimum Gasteiger partial charge on any atom is -0.481 e. The third kappa shape index (κ3) is 4.67. The van der Waals surface area contributed by atoms with Crippen molar-refractivity contribution in [2.24, 2.45) is 11.7 Å². The molecule has 0 saturated heterocycles. The van der Waals surface area contributed by atoms with E-state index in [9.17, 15) is 14.0 Å². The number of benzene rings is 1. The lowest BCUT2D eigenvalue weighted by Crippen LogP contribution is -2.35. The summed E-state index contributed by atoms with van der Waals surface area (Å²) in [6.45, 7) is -0.577. The Bertz CT molecular complexity index is 446. The van der Waals surface area contributed by atoms with Gasteiger partial charge in [-0.3, -0.25) is 9.59 Å². The van der Waals surface area contributed by atoms with Crippen LogP contribution < -0.4 is 5.73 Å². The Morgan fingerprint density at radius 2 is 1.63 bits per heavy atom. The van der Waals surface area contributed by atoms with E-state index in [1.165, 1.54) is 0 Å². The Kier molecular flexibility index (Phi) is 5.44. The molecule has 0 fully saturated rings. The van der Waals surface area contributed by atoms with E-state index in [0.717, 1.165) is 0 Å². The third-order valence-electron chi connectivity index (χ3n) is 2.86. The van der Waals surface area contributed by atoms with E-state index in [1.807, 2.05) is 0 Å². The van der Waals surface area contributed by atoms with Gasteiger partial charge in [0.15, 0.2) is 0 Å². The molecule has 1 rings (SSSR count). The molecule has 4 N–H and O–H groups in total. The molecule has 0 saturated carbocycles. The quantitative estimate of drug-likeness (QED) is 0.690. The van der Waals surface area contributed by atoms with Crippen LogP contribution in [0.15, 0.2) is 24.3 Å². The first kappa shape index (κ1) is 15.1. The first-order chi connectivity index (χ1) is 8.93. The zero-order valence-electron chi connectivity index (χ0n) is 10.3. The van der Waals surface area contributed by atoms with Gasteiger partial charge in [-0.05, 0) is 24.0 Å². The van der Waals surface area contributed by atoms with Crippen LogP contribution in [-0.4, -0.2) is 28.2 Å². The van der Waals surface area contributed by atoms with Crippen LogP contribution in [-0.2, 0) is 22.7 Å². The van der Waals surface area contributed by atoms with Crippen molar-refractivity contribution in [2.75, 3.05) is 0 Å². The number of aliphatic carboxylic acids is 2. The minimum atomic E-state index is -1.22. The van der Waals surface area contributed by atoms with Gasteiger partial charge in [0, 0.05) is 0 Å². The summed E-state index contributed by atoms with van der Waals surface area (Å²) in [5.41, 5.74) is 6.56. The molecule has 0 bridgehead atoms. The predicted molar refractivity (Wildman–Crippen MR) is 66.3 cm³/mol. The molecule has 0 amide bonds. The van der Waals surface area contributed by atoms with E-state index in [0.29, 0.717) is 11.1 Å². The second kappa shape index (κ2) is 6.84. The third-order valence-corrected chi connectivity index (χ3v) is 2.86. The molecule has 0 radical (unpaired) electrons. The van der Waals surface area contributed by atoms with E-state index in [1.54, 1.807) is 24.3 Å². The number of halogens is 1. The van der Waals surface area contributed by atoms with Gasteiger partial charge in [-0.1, -0.05) is 24.3 Å². The van der Waals surface area contributed by atoms with Crippen LogP contribution in [0.3, 0.4) is 0 Å². The summed E-state index contributed by atoms with van der Waals surface area (Å²) in [4.78, 5) is 21.7. The van der Waals surface area contributed by atoms with Gasteiger partial charge in [-0.15, -0.1) is 0 Å². The Morgan fingerprint density at radius 3 is 2.05 bits per heavy atom. The summed E-state index contributed by atoms with van der Waals surface area (Å²) in [5.74, 6) is -3.19. The fraction of sp³-hybridized carbons (Fsp3) is 0.385. The molecule has 5 nitrogen and oxygen atoms in total. The molecule has 0 aromatic heterocycles. The second-order valence-electron chi connectivity index (χ2n) is 4.37. The van der Waals surface area contributed by atoms with E-state index >= 15 is 0 Å². The van der Waals surface area contributed by atoms with Crippen LogP contribution in [0.1, 0.15) is 17.5 Å². The highest BCUT2D eigenvalue weighted by atomic mass is 18.2. The maximum Gasteiger partial charge on any atom is 0.320 e. The normalized spacial score (nSPS) is 13.8. The highest BCUT2D eigenvalue weighted by molar-refractivity contribution is 5.76. The topological polar surface area (TPSA) is 101 Å². The number of carboxylic acid groups (broad SMARTS) is 2. The van der Waals surface area contributed by atoms with Gasteiger partial charge in [0.2, 0.25) is 0 Å². The Hall–Kier alpha value is -1.95. The lowest BCUT2D eigenvalue weighted by atomic mass is 9.92. The molecule has 104 valence electrons. The summed E-state index contributed by atoms with van der Waals surface area (Å²) in [5, 5.41) is 17.7. The SMILES string of the molecule is N[C@@H](CC(Cc1ccc(C[18F])cc1)C(=O)O)C(=O)O. The maximum absolute atomic E-state index is 12.3. The first-order valence-electron chi connectivity index (χ1n) is 5.79. The van der Waals surface area contributed by atoms with Crippen LogP contribution >= 0.6 is 0 Å². The van der Waals surface area contributed by atoms with Gasteiger partial charge in [0.05, 0.1) is 5.92 Å². The highest BCUT2D eigenvalue weighted by Crippen LogP contribution is 2.15. The molecule has 0 aliphatic heterocycles. The molecule has 1 aromatic rings. The molecule has 2 atom stereocenters.